The molecule has 1 aromatic heterocycles. The first-order chi connectivity index (χ1) is 11.6. The van der Waals surface area contributed by atoms with Gasteiger partial charge < -0.3 is 14.9 Å². The van der Waals surface area contributed by atoms with E-state index < -0.39 is 6.09 Å². The minimum absolute atomic E-state index is 0.554. The molecule has 2 aliphatic heterocycles. The smallest absolute Gasteiger partial charge is 0.407 e. The maximum Gasteiger partial charge on any atom is 0.407 e. The van der Waals surface area contributed by atoms with E-state index in [4.69, 9.17) is 5.11 Å². The van der Waals surface area contributed by atoms with Crippen LogP contribution in [0.1, 0.15) is 18.4 Å². The summed E-state index contributed by atoms with van der Waals surface area (Å²) in [7, 11) is 0. The molecule has 1 N–H and O–H groups in total. The van der Waals surface area contributed by atoms with Gasteiger partial charge in [-0.05, 0) is 42.9 Å². The normalized spacial score (nSPS) is 18.2. The van der Waals surface area contributed by atoms with Gasteiger partial charge in [0.15, 0.2) is 0 Å². The molecule has 1 fully saturated rings. The van der Waals surface area contributed by atoms with E-state index in [-0.39, 0.29) is 0 Å². The number of anilines is 1. The summed E-state index contributed by atoms with van der Waals surface area (Å²) in [5.74, 6) is 0.554. The molecule has 0 spiro atoms. The first-order valence-electron chi connectivity index (χ1n) is 8.41. The van der Waals surface area contributed by atoms with E-state index in [9.17, 15) is 4.79 Å². The van der Waals surface area contributed by atoms with Gasteiger partial charge in [-0.2, -0.15) is 0 Å². The third-order valence-electron chi connectivity index (χ3n) is 5.23. The van der Waals surface area contributed by atoms with E-state index in [0.717, 1.165) is 36.8 Å². The van der Waals surface area contributed by atoms with Crippen molar-refractivity contribution in [1.29, 1.82) is 0 Å². The summed E-state index contributed by atoms with van der Waals surface area (Å²) in [6.45, 7) is 3.31. The summed E-state index contributed by atoms with van der Waals surface area (Å²) >= 11 is 3.62. The third-order valence-corrected chi connectivity index (χ3v) is 5.69. The van der Waals surface area contributed by atoms with E-state index in [2.05, 4.69) is 37.9 Å². The van der Waals surface area contributed by atoms with Crippen LogP contribution in [0.3, 0.4) is 0 Å². The van der Waals surface area contributed by atoms with Gasteiger partial charge in [0.1, 0.15) is 0 Å². The van der Waals surface area contributed by atoms with Crippen molar-refractivity contribution >= 4 is 38.5 Å². The Morgan fingerprint density at radius 1 is 1.25 bits per heavy atom. The number of nitrogens with zero attached hydrogens (tertiary/aromatic N) is 3. The van der Waals surface area contributed by atoms with Gasteiger partial charge in [0.25, 0.3) is 0 Å². The van der Waals surface area contributed by atoms with Gasteiger partial charge in [-0.1, -0.05) is 15.9 Å². The quantitative estimate of drug-likeness (QED) is 0.849. The highest BCUT2D eigenvalue weighted by Crippen LogP contribution is 2.37. The molecule has 0 atom stereocenters. The van der Waals surface area contributed by atoms with Crippen LogP contribution in [0.25, 0.3) is 10.8 Å². The number of aromatic nitrogens is 1. The van der Waals surface area contributed by atoms with Crippen LogP contribution in [-0.2, 0) is 6.42 Å². The topological polar surface area (TPSA) is 56.7 Å². The molecular weight excluding hydrogens is 370 g/mol. The lowest BCUT2D eigenvalue weighted by Gasteiger charge is -2.37. The zero-order valence-electron chi connectivity index (χ0n) is 13.4. The fourth-order valence-corrected chi connectivity index (χ4v) is 4.42. The monoisotopic (exact) mass is 389 g/mol. The van der Waals surface area contributed by atoms with E-state index in [1.54, 1.807) is 0 Å². The average molecular weight is 390 g/mol. The Kier molecular flexibility index (Phi) is 4.08. The number of amides is 1. The van der Waals surface area contributed by atoms with E-state index >= 15 is 0 Å². The van der Waals surface area contributed by atoms with Gasteiger partial charge in [-0.25, -0.2) is 4.79 Å². The highest BCUT2D eigenvalue weighted by molar-refractivity contribution is 9.10. The number of pyridine rings is 1. The highest BCUT2D eigenvalue weighted by Gasteiger charge is 2.26. The molecule has 126 valence electrons. The summed E-state index contributed by atoms with van der Waals surface area (Å²) in [6.07, 6.45) is 6.05. The predicted molar refractivity (Wildman–Crippen MR) is 97.7 cm³/mol. The van der Waals surface area contributed by atoms with Crippen molar-refractivity contribution in [3.05, 3.63) is 34.6 Å². The van der Waals surface area contributed by atoms with Gasteiger partial charge in [0.2, 0.25) is 0 Å². The number of hydrogen-bond acceptors (Lipinski definition) is 3. The van der Waals surface area contributed by atoms with Gasteiger partial charge in [-0.15, -0.1) is 0 Å². The van der Waals surface area contributed by atoms with Crippen molar-refractivity contribution in [2.75, 3.05) is 31.1 Å². The molecule has 1 amide bonds. The van der Waals surface area contributed by atoms with Gasteiger partial charge in [0, 0.05) is 59.5 Å². The maximum absolute atomic E-state index is 11.1. The number of benzene rings is 1. The zero-order valence-corrected chi connectivity index (χ0v) is 15.0. The molecule has 0 aliphatic carbocycles. The van der Waals surface area contributed by atoms with Crippen molar-refractivity contribution in [2.45, 2.75) is 19.3 Å². The number of carbonyl (C=O) groups is 1. The van der Waals surface area contributed by atoms with Crippen molar-refractivity contribution < 1.29 is 9.90 Å². The number of likely N-dealkylation sites (tertiary alicyclic amines) is 1. The number of rotatable bonds is 2. The van der Waals surface area contributed by atoms with Crippen LogP contribution in [0.15, 0.2) is 29.0 Å². The molecule has 3 heterocycles. The van der Waals surface area contributed by atoms with Crippen LogP contribution >= 0.6 is 15.9 Å². The van der Waals surface area contributed by atoms with Crippen molar-refractivity contribution in [1.82, 2.24) is 9.88 Å². The Hall–Kier alpha value is -1.82. The molecular formula is C18H20BrN3O2. The van der Waals surface area contributed by atoms with Crippen molar-refractivity contribution in [3.63, 3.8) is 0 Å². The largest absolute Gasteiger partial charge is 0.465 e. The Morgan fingerprint density at radius 2 is 2.04 bits per heavy atom. The van der Waals surface area contributed by atoms with E-state index in [0.29, 0.717) is 19.0 Å². The predicted octanol–water partition coefficient (Wildman–Crippen LogP) is 3.75. The maximum atomic E-state index is 11.1. The summed E-state index contributed by atoms with van der Waals surface area (Å²) < 4.78 is 1.08. The zero-order chi connectivity index (χ0) is 16.7. The minimum atomic E-state index is -0.790. The number of piperidine rings is 1. The summed E-state index contributed by atoms with van der Waals surface area (Å²) in [5, 5.41) is 11.6. The second-order valence-corrected chi connectivity index (χ2v) is 7.65. The van der Waals surface area contributed by atoms with Crippen LogP contribution in [0.4, 0.5) is 10.5 Å². The van der Waals surface area contributed by atoms with E-state index in [1.807, 2.05) is 12.4 Å². The SMILES string of the molecule is O=C(O)N1CCC(CN2CCc3cncc4cc(Br)cc2c34)CC1. The Labute approximate surface area is 149 Å². The van der Waals surface area contributed by atoms with E-state index in [1.165, 1.54) is 26.9 Å². The first-order valence-corrected chi connectivity index (χ1v) is 9.20. The first kappa shape index (κ1) is 15.7. The van der Waals surface area contributed by atoms with Crippen molar-refractivity contribution in [3.8, 4) is 0 Å². The molecule has 0 bridgehead atoms. The number of hydrogen-bond donors (Lipinski definition) is 1. The average Bonchev–Trinajstić information content (AvgIpc) is 2.57. The molecule has 2 aliphatic rings. The van der Waals surface area contributed by atoms with Crippen LogP contribution in [0, 0.1) is 5.92 Å². The molecule has 4 rings (SSSR count). The second-order valence-electron chi connectivity index (χ2n) is 6.73. The summed E-state index contributed by atoms with van der Waals surface area (Å²) in [6, 6.07) is 4.33. The Bertz CT molecular complexity index is 787. The molecule has 6 heteroatoms. The number of carboxylic acid groups (broad SMARTS) is 1. The highest BCUT2D eigenvalue weighted by atomic mass is 79.9. The standard InChI is InChI=1S/C18H20BrN3O2/c19-15-7-14-10-20-9-13-3-6-22(16(8-15)17(13)14)11-12-1-4-21(5-2-12)18(23)24/h7-10,12H,1-6,11H2,(H,23,24). The van der Waals surface area contributed by atoms with Crippen LogP contribution in [0.2, 0.25) is 0 Å². The molecule has 5 nitrogen and oxygen atoms in total. The Morgan fingerprint density at radius 3 is 2.79 bits per heavy atom. The summed E-state index contributed by atoms with van der Waals surface area (Å²) in [5.41, 5.74) is 2.61. The molecule has 1 aromatic carbocycles. The van der Waals surface area contributed by atoms with Gasteiger partial charge in [-0.3, -0.25) is 4.98 Å². The molecule has 2 aromatic rings. The number of halogens is 1. The fourth-order valence-electron chi connectivity index (χ4n) is 3.96. The second kappa shape index (κ2) is 6.24. The molecule has 0 unspecified atom stereocenters. The Balaban J connectivity index is 1.57. The fraction of sp³-hybridized carbons (Fsp3) is 0.444. The van der Waals surface area contributed by atoms with Crippen LogP contribution in [0.5, 0.6) is 0 Å². The summed E-state index contributed by atoms with van der Waals surface area (Å²) in [4.78, 5) is 19.4. The van der Waals surface area contributed by atoms with Crippen LogP contribution < -0.4 is 4.90 Å². The lowest BCUT2D eigenvalue weighted by Crippen LogP contribution is -2.42. The molecule has 0 radical (unpaired) electrons. The minimum Gasteiger partial charge on any atom is -0.465 e. The van der Waals surface area contributed by atoms with Crippen LogP contribution in [-0.4, -0.2) is 47.3 Å². The molecule has 0 saturated carbocycles. The van der Waals surface area contributed by atoms with Gasteiger partial charge >= 0.3 is 6.09 Å². The molecule has 1 saturated heterocycles. The van der Waals surface area contributed by atoms with Crippen molar-refractivity contribution in [2.24, 2.45) is 5.92 Å². The lowest BCUT2D eigenvalue weighted by molar-refractivity contribution is 0.125. The third kappa shape index (κ3) is 2.83. The lowest BCUT2D eigenvalue weighted by atomic mass is 9.93. The van der Waals surface area contributed by atoms with Gasteiger partial charge in [0.05, 0.1) is 0 Å². The molecule has 24 heavy (non-hydrogen) atoms.